The van der Waals surface area contributed by atoms with Gasteiger partial charge >= 0.3 is 0 Å². The summed E-state index contributed by atoms with van der Waals surface area (Å²) in [4.78, 5) is 25.7. The Labute approximate surface area is 166 Å². The third-order valence-electron chi connectivity index (χ3n) is 4.98. The summed E-state index contributed by atoms with van der Waals surface area (Å²) in [5.41, 5.74) is 1.54. The van der Waals surface area contributed by atoms with Gasteiger partial charge in [-0.15, -0.1) is 0 Å². The Bertz CT molecular complexity index is 1240. The van der Waals surface area contributed by atoms with Gasteiger partial charge in [-0.2, -0.15) is 4.98 Å². The van der Waals surface area contributed by atoms with Gasteiger partial charge in [-0.1, -0.05) is 0 Å². The second kappa shape index (κ2) is 7.17. The summed E-state index contributed by atoms with van der Waals surface area (Å²) >= 11 is 0. The molecule has 2 heterocycles. The van der Waals surface area contributed by atoms with E-state index in [0.717, 1.165) is 0 Å². The highest BCUT2D eigenvalue weighted by Gasteiger charge is 2.27. The maximum Gasteiger partial charge on any atom is 0.273 e. The highest BCUT2D eigenvalue weighted by atomic mass is 32.2. The first kappa shape index (κ1) is 19.4. The molecule has 1 fully saturated rings. The van der Waals surface area contributed by atoms with E-state index in [2.05, 4.69) is 20.3 Å². The molecule has 0 spiro atoms. The zero-order chi connectivity index (χ0) is 20.8. The molecule has 1 aliphatic carbocycles. The average molecular weight is 416 g/mol. The third kappa shape index (κ3) is 3.84. The Morgan fingerprint density at radius 3 is 2.55 bits per heavy atom. The molecule has 11 heteroatoms. The van der Waals surface area contributed by atoms with Crippen molar-refractivity contribution in [1.29, 1.82) is 0 Å². The fourth-order valence-electron chi connectivity index (χ4n) is 3.55. The molecule has 152 valence electrons. The van der Waals surface area contributed by atoms with Crippen LogP contribution in [0.1, 0.15) is 31.0 Å². The summed E-state index contributed by atoms with van der Waals surface area (Å²) in [6.07, 6.45) is 2.89. The number of nitrogens with two attached hydrogens (primary N) is 1. The fraction of sp³-hybridized carbons (Fsp3) is 0.333. The van der Waals surface area contributed by atoms with Crippen LogP contribution >= 0.6 is 0 Å². The molecule has 0 amide bonds. The molecule has 2 atom stereocenters. The number of aryl methyl sites for hydroxylation is 1. The second-order valence-corrected chi connectivity index (χ2v) is 8.65. The lowest BCUT2D eigenvalue weighted by molar-refractivity contribution is 0.178. The first-order chi connectivity index (χ1) is 13.7. The molecule has 1 saturated carbocycles. The van der Waals surface area contributed by atoms with E-state index in [0.29, 0.717) is 41.8 Å². The van der Waals surface area contributed by atoms with Crippen LogP contribution in [0.3, 0.4) is 0 Å². The van der Waals surface area contributed by atoms with Gasteiger partial charge in [0.05, 0.1) is 17.2 Å². The molecule has 0 saturated heterocycles. The van der Waals surface area contributed by atoms with Crippen LogP contribution in [0.15, 0.2) is 40.2 Å². The third-order valence-corrected chi connectivity index (χ3v) is 5.91. The van der Waals surface area contributed by atoms with E-state index < -0.39 is 16.1 Å². The molecule has 4 rings (SSSR count). The van der Waals surface area contributed by atoms with Crippen molar-refractivity contribution in [1.82, 2.24) is 19.5 Å². The van der Waals surface area contributed by atoms with Crippen molar-refractivity contribution in [2.75, 3.05) is 5.32 Å². The minimum absolute atomic E-state index is 0.00390. The van der Waals surface area contributed by atoms with E-state index in [-0.39, 0.29) is 22.4 Å². The number of anilines is 2. The Morgan fingerprint density at radius 1 is 1.21 bits per heavy atom. The zero-order valence-electron chi connectivity index (χ0n) is 15.6. The van der Waals surface area contributed by atoms with Gasteiger partial charge in [-0.3, -0.25) is 9.36 Å². The predicted molar refractivity (Wildman–Crippen MR) is 106 cm³/mol. The molecule has 2 unspecified atom stereocenters. The summed E-state index contributed by atoms with van der Waals surface area (Å²) in [6, 6.07) is 5.68. The van der Waals surface area contributed by atoms with Crippen LogP contribution < -0.4 is 16.0 Å². The van der Waals surface area contributed by atoms with E-state index in [9.17, 15) is 18.3 Å². The second-order valence-electron chi connectivity index (χ2n) is 7.09. The smallest absolute Gasteiger partial charge is 0.273 e. The summed E-state index contributed by atoms with van der Waals surface area (Å²) in [5, 5.41) is 18.0. The highest BCUT2D eigenvalue weighted by Crippen LogP contribution is 2.30. The number of hydrogen-bond donors (Lipinski definition) is 3. The summed E-state index contributed by atoms with van der Waals surface area (Å²) < 4.78 is 24.3. The largest absolute Gasteiger partial charge is 0.393 e. The van der Waals surface area contributed by atoms with Crippen LogP contribution in [-0.2, 0) is 10.0 Å². The molecule has 0 aliphatic heterocycles. The number of nitrogens with one attached hydrogen (secondary N) is 1. The van der Waals surface area contributed by atoms with Gasteiger partial charge in [-0.25, -0.2) is 23.5 Å². The number of aromatic nitrogens is 4. The van der Waals surface area contributed by atoms with Crippen LogP contribution in [0, 0.1) is 6.92 Å². The Hall–Kier alpha value is -2.89. The average Bonchev–Trinajstić information content (AvgIpc) is 3.09. The molecule has 4 N–H and O–H groups in total. The first-order valence-corrected chi connectivity index (χ1v) is 10.6. The Morgan fingerprint density at radius 2 is 1.93 bits per heavy atom. The van der Waals surface area contributed by atoms with E-state index in [1.807, 2.05) is 0 Å². The Kier molecular flexibility index (Phi) is 4.81. The summed E-state index contributed by atoms with van der Waals surface area (Å²) in [7, 11) is -3.78. The predicted octanol–water partition coefficient (Wildman–Crippen LogP) is 0.972. The van der Waals surface area contributed by atoms with Gasteiger partial charge in [0.15, 0.2) is 5.65 Å². The quantitative estimate of drug-likeness (QED) is 0.569. The lowest BCUT2D eigenvalue weighted by Crippen LogP contribution is -2.28. The van der Waals surface area contributed by atoms with Crippen LogP contribution in [0.25, 0.3) is 11.2 Å². The van der Waals surface area contributed by atoms with Crippen LogP contribution in [0.5, 0.6) is 0 Å². The number of fused-ring (bicyclic) bond motifs is 1. The standard InChI is InChI=1S/C18H20N6O4S/c1-10-17(26)24(12-4-5-13(25)8-12)16-15(21-10)9-20-18(23-16)22-11-2-6-14(7-3-11)29(19,27)28/h2-3,6-7,9,12-13,25H,4-5,8H2,1H3,(H2,19,27,28)(H,20,22,23). The number of rotatable bonds is 4. The SMILES string of the molecule is Cc1nc2cnc(Nc3ccc(S(N)(=O)=O)cc3)nc2n(C2CCC(O)C2)c1=O. The van der Waals surface area contributed by atoms with Crippen molar-refractivity contribution in [3.8, 4) is 0 Å². The van der Waals surface area contributed by atoms with E-state index in [1.54, 1.807) is 23.6 Å². The van der Waals surface area contributed by atoms with E-state index in [4.69, 9.17) is 5.14 Å². The molecular weight excluding hydrogens is 396 g/mol. The first-order valence-electron chi connectivity index (χ1n) is 9.06. The minimum Gasteiger partial charge on any atom is -0.393 e. The molecule has 2 aromatic heterocycles. The summed E-state index contributed by atoms with van der Waals surface area (Å²) in [6.45, 7) is 1.64. The van der Waals surface area contributed by atoms with Crippen molar-refractivity contribution in [2.45, 2.75) is 43.2 Å². The molecular formula is C18H20N6O4S. The summed E-state index contributed by atoms with van der Waals surface area (Å²) in [5.74, 6) is 0.234. The lowest BCUT2D eigenvalue weighted by atomic mass is 10.2. The van der Waals surface area contributed by atoms with Gasteiger partial charge < -0.3 is 10.4 Å². The van der Waals surface area contributed by atoms with Gasteiger partial charge in [0.1, 0.15) is 11.2 Å². The van der Waals surface area contributed by atoms with Crippen molar-refractivity contribution in [3.63, 3.8) is 0 Å². The number of nitrogens with zero attached hydrogens (tertiary/aromatic N) is 4. The molecule has 1 aliphatic rings. The van der Waals surface area contributed by atoms with Crippen molar-refractivity contribution in [3.05, 3.63) is 46.5 Å². The van der Waals surface area contributed by atoms with Gasteiger partial charge in [0.2, 0.25) is 16.0 Å². The maximum absolute atomic E-state index is 12.7. The zero-order valence-corrected chi connectivity index (χ0v) is 16.4. The van der Waals surface area contributed by atoms with Crippen LogP contribution in [0.2, 0.25) is 0 Å². The van der Waals surface area contributed by atoms with E-state index in [1.165, 1.54) is 18.3 Å². The lowest BCUT2D eigenvalue weighted by Gasteiger charge is -2.17. The fourth-order valence-corrected chi connectivity index (χ4v) is 4.06. The van der Waals surface area contributed by atoms with Crippen LogP contribution in [-0.4, -0.2) is 39.1 Å². The number of aliphatic hydroxyl groups is 1. The number of sulfonamides is 1. The highest BCUT2D eigenvalue weighted by molar-refractivity contribution is 7.89. The molecule has 3 aromatic rings. The van der Waals surface area contributed by atoms with Crippen LogP contribution in [0.4, 0.5) is 11.6 Å². The topological polar surface area (TPSA) is 153 Å². The van der Waals surface area contributed by atoms with Gasteiger partial charge in [0.25, 0.3) is 5.56 Å². The van der Waals surface area contributed by atoms with Crippen molar-refractivity contribution in [2.24, 2.45) is 5.14 Å². The van der Waals surface area contributed by atoms with Crippen molar-refractivity contribution < 1.29 is 13.5 Å². The number of benzene rings is 1. The molecule has 1 aromatic carbocycles. The minimum atomic E-state index is -3.78. The van der Waals surface area contributed by atoms with Gasteiger partial charge in [-0.05, 0) is 50.5 Å². The van der Waals surface area contributed by atoms with E-state index >= 15 is 0 Å². The Balaban J connectivity index is 1.73. The molecule has 10 nitrogen and oxygen atoms in total. The van der Waals surface area contributed by atoms with Crippen molar-refractivity contribution >= 4 is 32.8 Å². The number of hydrogen-bond acceptors (Lipinski definition) is 8. The molecule has 29 heavy (non-hydrogen) atoms. The molecule has 0 bridgehead atoms. The normalized spacial score (nSPS) is 19.6. The number of primary sulfonamides is 1. The maximum atomic E-state index is 12.7. The van der Waals surface area contributed by atoms with Gasteiger partial charge in [0, 0.05) is 11.7 Å². The molecule has 0 radical (unpaired) electrons. The number of aliphatic hydroxyl groups excluding tert-OH is 1. The monoisotopic (exact) mass is 416 g/mol.